The van der Waals surface area contributed by atoms with E-state index in [1.165, 1.54) is 0 Å². The Bertz CT molecular complexity index is 224. The Kier molecular flexibility index (Phi) is 11.7. The fourth-order valence-electron chi connectivity index (χ4n) is 1.77. The van der Waals surface area contributed by atoms with Crippen molar-refractivity contribution in [1.29, 1.82) is 0 Å². The molecule has 0 aliphatic rings. The van der Waals surface area contributed by atoms with Crippen molar-refractivity contribution in [2.24, 2.45) is 17.6 Å². The number of carboxylic acids is 1. The molecule has 0 saturated heterocycles. The van der Waals surface area contributed by atoms with Gasteiger partial charge in [-0.25, -0.2) is 0 Å². The van der Waals surface area contributed by atoms with Gasteiger partial charge in [0.1, 0.15) is 6.04 Å². The average molecular weight is 266 g/mol. The summed E-state index contributed by atoms with van der Waals surface area (Å²) in [5, 5.41) is 8.87. The molecule has 0 heterocycles. The second-order valence-corrected chi connectivity index (χ2v) is 4.29. The second-order valence-electron chi connectivity index (χ2n) is 4.29. The molecule has 5 heteroatoms. The minimum atomic E-state index is -0.960. The lowest BCUT2D eigenvalue weighted by molar-refractivity contribution is -0.140. The Balaban J connectivity index is 0. The van der Waals surface area contributed by atoms with Crippen molar-refractivity contribution < 1.29 is 14.6 Å². The normalized spacial score (nSPS) is 15.5. The number of hydrogen-bond donors (Lipinski definition) is 2. The third-order valence-corrected chi connectivity index (χ3v) is 2.74. The van der Waals surface area contributed by atoms with Crippen LogP contribution in [0.1, 0.15) is 26.2 Å². The van der Waals surface area contributed by atoms with Gasteiger partial charge in [-0.15, -0.1) is 19.0 Å². The highest BCUT2D eigenvalue weighted by molar-refractivity contribution is 5.85. The van der Waals surface area contributed by atoms with Gasteiger partial charge >= 0.3 is 5.97 Å². The first kappa shape index (κ1) is 18.8. The molecule has 0 aliphatic carbocycles. The number of nitrogens with two attached hydrogens (primary N) is 1. The Morgan fingerprint density at radius 1 is 1.59 bits per heavy atom. The zero-order chi connectivity index (χ0) is 12.6. The summed E-state index contributed by atoms with van der Waals surface area (Å²) >= 11 is 0. The molecule has 17 heavy (non-hydrogen) atoms. The number of ether oxygens (including phenoxy) is 1. The van der Waals surface area contributed by atoms with E-state index in [1.807, 2.05) is 6.08 Å². The van der Waals surface area contributed by atoms with Gasteiger partial charge in [-0.2, -0.15) is 0 Å². The van der Waals surface area contributed by atoms with Gasteiger partial charge in [-0.05, 0) is 25.2 Å². The lowest BCUT2D eigenvalue weighted by Crippen LogP contribution is -2.40. The maximum atomic E-state index is 10.8. The average Bonchev–Trinajstić information content (AvgIpc) is 2.24. The summed E-state index contributed by atoms with van der Waals surface area (Å²) in [4.78, 5) is 10.8. The summed E-state index contributed by atoms with van der Waals surface area (Å²) in [6, 6.07) is -0.842. The molecule has 0 fully saturated rings. The Morgan fingerprint density at radius 2 is 2.18 bits per heavy atom. The number of carbonyl (C=O) groups is 1. The first-order chi connectivity index (χ1) is 7.52. The highest BCUT2D eigenvalue weighted by Crippen LogP contribution is 2.19. The van der Waals surface area contributed by atoms with Crippen molar-refractivity contribution in [3.63, 3.8) is 0 Å². The number of allylic oxidation sites excluding steroid dienone is 1. The highest BCUT2D eigenvalue weighted by atomic mass is 35.5. The number of aliphatic carboxylic acids is 1. The smallest absolute Gasteiger partial charge is 0.320 e. The molecular formula is C12H24ClNO3. The third-order valence-electron chi connectivity index (χ3n) is 2.74. The topological polar surface area (TPSA) is 72.5 Å². The van der Waals surface area contributed by atoms with Crippen LogP contribution in [0.25, 0.3) is 0 Å². The predicted octanol–water partition coefficient (Wildman–Crippen LogP) is 2.08. The number of halogens is 1. The van der Waals surface area contributed by atoms with Gasteiger partial charge in [-0.3, -0.25) is 4.79 Å². The van der Waals surface area contributed by atoms with Crippen LogP contribution >= 0.6 is 12.4 Å². The molecule has 3 atom stereocenters. The van der Waals surface area contributed by atoms with Crippen molar-refractivity contribution in [2.45, 2.75) is 32.2 Å². The van der Waals surface area contributed by atoms with Crippen LogP contribution in [-0.2, 0) is 9.53 Å². The molecule has 0 amide bonds. The molecular weight excluding hydrogens is 242 g/mol. The van der Waals surface area contributed by atoms with Crippen molar-refractivity contribution in [1.82, 2.24) is 0 Å². The summed E-state index contributed by atoms with van der Waals surface area (Å²) in [7, 11) is 1.57. The predicted molar refractivity (Wildman–Crippen MR) is 71.4 cm³/mol. The van der Waals surface area contributed by atoms with Gasteiger partial charge in [0.25, 0.3) is 0 Å². The fourth-order valence-corrected chi connectivity index (χ4v) is 1.77. The molecule has 0 aliphatic heterocycles. The zero-order valence-electron chi connectivity index (χ0n) is 10.6. The molecule has 0 aromatic carbocycles. The number of hydrogen-bond acceptors (Lipinski definition) is 3. The number of carboxylic acid groups (broad SMARTS) is 1. The second kappa shape index (κ2) is 10.6. The molecule has 102 valence electrons. The molecule has 0 bridgehead atoms. The molecule has 0 rings (SSSR count). The summed E-state index contributed by atoms with van der Waals surface area (Å²) < 4.78 is 5.02. The van der Waals surface area contributed by atoms with Gasteiger partial charge in [-0.1, -0.05) is 13.0 Å². The quantitative estimate of drug-likeness (QED) is 0.626. The van der Waals surface area contributed by atoms with E-state index in [4.69, 9.17) is 15.6 Å². The Morgan fingerprint density at radius 3 is 2.59 bits per heavy atom. The molecule has 0 saturated carbocycles. The summed E-state index contributed by atoms with van der Waals surface area (Å²) in [6.45, 7) is 6.16. The standard InChI is InChI=1S/C12H23NO3.ClH/c1-4-5-6-9(2)7-10(8-16-3)11(13)12(14)15;/h4,9-11H,1,5-8,13H2,2-3H3,(H,14,15);1H. The Hall–Kier alpha value is -0.580. The molecule has 4 nitrogen and oxygen atoms in total. The molecule has 3 unspecified atom stereocenters. The molecule has 0 radical (unpaired) electrons. The molecule has 0 spiro atoms. The van der Waals surface area contributed by atoms with Crippen LogP contribution in [0.15, 0.2) is 12.7 Å². The summed E-state index contributed by atoms with van der Waals surface area (Å²) in [5.74, 6) is -0.649. The maximum absolute atomic E-state index is 10.8. The lowest BCUT2D eigenvalue weighted by Gasteiger charge is -2.23. The van der Waals surface area contributed by atoms with Gasteiger partial charge in [0.15, 0.2) is 0 Å². The fraction of sp³-hybridized carbons (Fsp3) is 0.750. The molecule has 0 aromatic rings. The maximum Gasteiger partial charge on any atom is 0.320 e. The first-order valence-electron chi connectivity index (χ1n) is 5.61. The van der Waals surface area contributed by atoms with Crippen LogP contribution in [0.3, 0.4) is 0 Å². The van der Waals surface area contributed by atoms with Gasteiger partial charge < -0.3 is 15.6 Å². The number of rotatable bonds is 9. The number of methoxy groups -OCH3 is 1. The SMILES string of the molecule is C=CCCC(C)CC(COC)C(N)C(=O)O.Cl. The largest absolute Gasteiger partial charge is 0.480 e. The minimum Gasteiger partial charge on any atom is -0.480 e. The third kappa shape index (κ3) is 8.18. The van der Waals surface area contributed by atoms with Gasteiger partial charge in [0.05, 0.1) is 6.61 Å². The van der Waals surface area contributed by atoms with Gasteiger partial charge in [0, 0.05) is 13.0 Å². The van der Waals surface area contributed by atoms with E-state index >= 15 is 0 Å². The molecule has 3 N–H and O–H groups in total. The first-order valence-corrected chi connectivity index (χ1v) is 5.61. The van der Waals surface area contributed by atoms with Crippen LogP contribution < -0.4 is 5.73 Å². The van der Waals surface area contributed by atoms with E-state index in [0.717, 1.165) is 19.3 Å². The van der Waals surface area contributed by atoms with E-state index in [-0.39, 0.29) is 18.3 Å². The molecule has 0 aromatic heterocycles. The van der Waals surface area contributed by atoms with Gasteiger partial charge in [0.2, 0.25) is 0 Å². The Labute approximate surface area is 110 Å². The van der Waals surface area contributed by atoms with Crippen LogP contribution in [0, 0.1) is 11.8 Å². The van der Waals surface area contributed by atoms with Crippen LogP contribution in [0.5, 0.6) is 0 Å². The van der Waals surface area contributed by atoms with E-state index in [1.54, 1.807) is 7.11 Å². The van der Waals surface area contributed by atoms with Crippen LogP contribution in [-0.4, -0.2) is 30.8 Å². The van der Waals surface area contributed by atoms with E-state index in [2.05, 4.69) is 13.5 Å². The monoisotopic (exact) mass is 265 g/mol. The van der Waals surface area contributed by atoms with Crippen LogP contribution in [0.2, 0.25) is 0 Å². The highest BCUT2D eigenvalue weighted by Gasteiger charge is 2.25. The van der Waals surface area contributed by atoms with Crippen LogP contribution in [0.4, 0.5) is 0 Å². The van der Waals surface area contributed by atoms with E-state index in [0.29, 0.717) is 12.5 Å². The van der Waals surface area contributed by atoms with Crippen molar-refractivity contribution >= 4 is 18.4 Å². The van der Waals surface area contributed by atoms with E-state index in [9.17, 15) is 4.79 Å². The minimum absolute atomic E-state index is 0. The summed E-state index contributed by atoms with van der Waals surface area (Å²) in [5.41, 5.74) is 5.62. The summed E-state index contributed by atoms with van der Waals surface area (Å²) in [6.07, 6.45) is 4.60. The van der Waals surface area contributed by atoms with Crippen molar-refractivity contribution in [3.05, 3.63) is 12.7 Å². The van der Waals surface area contributed by atoms with E-state index < -0.39 is 12.0 Å². The van der Waals surface area contributed by atoms with Crippen molar-refractivity contribution in [3.8, 4) is 0 Å². The zero-order valence-corrected chi connectivity index (χ0v) is 11.4. The lowest BCUT2D eigenvalue weighted by atomic mass is 9.88. The van der Waals surface area contributed by atoms with Crippen molar-refractivity contribution in [2.75, 3.05) is 13.7 Å².